The number of fused-ring (bicyclic) bond motifs is 3. The summed E-state index contributed by atoms with van der Waals surface area (Å²) >= 11 is 0. The Labute approximate surface area is 196 Å². The second-order valence-electron chi connectivity index (χ2n) is 7.93. The molecule has 3 aliphatic heterocycles. The molecule has 178 valence electrons. The zero-order valence-electron chi connectivity index (χ0n) is 18.9. The highest BCUT2D eigenvalue weighted by atomic mass is 16.5. The first-order valence-electron chi connectivity index (χ1n) is 11.2. The molecule has 2 aromatic rings. The Kier molecular flexibility index (Phi) is 6.58. The van der Waals surface area contributed by atoms with Crippen LogP contribution in [0.1, 0.15) is 22.3 Å². The maximum Gasteiger partial charge on any atom is 0.261 e. The molecule has 0 aliphatic carbocycles. The van der Waals surface area contributed by atoms with Gasteiger partial charge in [-0.1, -0.05) is 0 Å². The molecule has 1 fully saturated rings. The number of ether oxygens (including phenoxy) is 3. The first kappa shape index (κ1) is 22.2. The molecule has 0 saturated carbocycles. The molecule has 5 rings (SSSR count). The van der Waals surface area contributed by atoms with Crippen LogP contribution < -0.4 is 14.8 Å². The summed E-state index contributed by atoms with van der Waals surface area (Å²) in [4.78, 5) is 26.3. The van der Waals surface area contributed by atoms with E-state index in [0.29, 0.717) is 42.8 Å². The lowest BCUT2D eigenvalue weighted by molar-refractivity contribution is 0.0357. The van der Waals surface area contributed by atoms with Crippen molar-refractivity contribution in [2.45, 2.75) is 6.42 Å². The van der Waals surface area contributed by atoms with Crippen LogP contribution in [0.2, 0.25) is 0 Å². The van der Waals surface area contributed by atoms with Gasteiger partial charge in [-0.25, -0.2) is 4.99 Å². The predicted molar refractivity (Wildman–Crippen MR) is 123 cm³/mol. The van der Waals surface area contributed by atoms with Crippen LogP contribution in [0.5, 0.6) is 11.5 Å². The number of hydrogen-bond donors (Lipinski definition) is 1. The van der Waals surface area contributed by atoms with Gasteiger partial charge in [-0.3, -0.25) is 24.9 Å². The summed E-state index contributed by atoms with van der Waals surface area (Å²) in [6.45, 7) is 6.19. The summed E-state index contributed by atoms with van der Waals surface area (Å²) in [7, 11) is 1.58. The molecular weight excluding hydrogens is 440 g/mol. The molecule has 0 spiro atoms. The van der Waals surface area contributed by atoms with E-state index in [1.165, 1.54) is 12.4 Å². The van der Waals surface area contributed by atoms with Crippen molar-refractivity contribution in [3.05, 3.63) is 35.7 Å². The molecule has 1 saturated heterocycles. The average Bonchev–Trinajstić information content (AvgIpc) is 3.38. The number of morpholine rings is 1. The zero-order chi connectivity index (χ0) is 23.3. The normalized spacial score (nSPS) is 17.4. The maximum atomic E-state index is 12.7. The molecule has 1 amide bonds. The quantitative estimate of drug-likeness (QED) is 0.580. The fraction of sp³-hybridized carbons (Fsp3) is 0.455. The van der Waals surface area contributed by atoms with Crippen LogP contribution in [0.4, 0.5) is 5.69 Å². The van der Waals surface area contributed by atoms with Crippen LogP contribution in [0.15, 0.2) is 34.5 Å². The third kappa shape index (κ3) is 4.54. The number of nitrogens with zero attached hydrogens (tertiary/aromatic N) is 7. The van der Waals surface area contributed by atoms with Crippen LogP contribution in [0.3, 0.4) is 0 Å². The van der Waals surface area contributed by atoms with E-state index in [0.717, 1.165) is 50.7 Å². The lowest BCUT2D eigenvalue weighted by atomic mass is 10.1. The van der Waals surface area contributed by atoms with Gasteiger partial charge in [0.2, 0.25) is 5.96 Å². The van der Waals surface area contributed by atoms with Crippen LogP contribution >= 0.6 is 0 Å². The number of amidine groups is 1. The highest BCUT2D eigenvalue weighted by Crippen LogP contribution is 2.43. The van der Waals surface area contributed by atoms with Gasteiger partial charge in [0.05, 0.1) is 51.4 Å². The molecule has 4 heterocycles. The molecule has 3 aliphatic rings. The van der Waals surface area contributed by atoms with Crippen LogP contribution in [-0.4, -0.2) is 103 Å². The standard InChI is InChI=1S/C22H26N8O4/c1-32-19-17(34-10-2-6-29-8-11-33-12-9-29)4-3-16-18(19)26-22(30-7-5-23-20(16)30)27-21(31)15-13-24-28-25-14-15/h3-4,13-14H,2,5-12H2,1H3,(H,26,27,31). The number of guanidine groups is 1. The van der Waals surface area contributed by atoms with Gasteiger partial charge in [0.1, 0.15) is 11.5 Å². The molecule has 0 radical (unpaired) electrons. The van der Waals surface area contributed by atoms with Gasteiger partial charge in [0.25, 0.3) is 5.91 Å². The van der Waals surface area contributed by atoms with E-state index < -0.39 is 0 Å². The first-order chi connectivity index (χ1) is 16.7. The SMILES string of the molecule is COc1c(OCCCN2CCOCC2)ccc2c1N=C(NC(=O)c1cnnnc1)N1CCN=C21. The number of aliphatic imine (C=N–C) groups is 2. The molecule has 0 unspecified atom stereocenters. The predicted octanol–water partition coefficient (Wildman–Crippen LogP) is 0.475. The van der Waals surface area contributed by atoms with E-state index in [-0.39, 0.29) is 11.5 Å². The Hall–Kier alpha value is -3.64. The Morgan fingerprint density at radius 3 is 2.79 bits per heavy atom. The molecule has 1 aromatic heterocycles. The number of rotatable bonds is 7. The summed E-state index contributed by atoms with van der Waals surface area (Å²) in [5.41, 5.74) is 1.69. The van der Waals surface area contributed by atoms with E-state index in [9.17, 15) is 4.79 Å². The van der Waals surface area contributed by atoms with Crippen LogP contribution in [0.25, 0.3) is 0 Å². The number of aromatic nitrogens is 3. The lowest BCUT2D eigenvalue weighted by Crippen LogP contribution is -2.47. The number of nitrogens with one attached hydrogen (secondary N) is 1. The van der Waals surface area contributed by atoms with Crippen molar-refractivity contribution in [2.75, 3.05) is 59.7 Å². The van der Waals surface area contributed by atoms with Gasteiger partial charge in [0, 0.05) is 31.7 Å². The number of carbonyl (C=O) groups is 1. The number of amides is 1. The van der Waals surface area contributed by atoms with Crippen molar-refractivity contribution in [3.63, 3.8) is 0 Å². The Morgan fingerprint density at radius 2 is 2.00 bits per heavy atom. The van der Waals surface area contributed by atoms with E-state index in [2.05, 4.69) is 30.6 Å². The number of benzene rings is 1. The summed E-state index contributed by atoms with van der Waals surface area (Å²) in [5.74, 6) is 1.84. The average molecular weight is 467 g/mol. The summed E-state index contributed by atoms with van der Waals surface area (Å²) in [5, 5.41) is 13.6. The van der Waals surface area contributed by atoms with Gasteiger partial charge >= 0.3 is 0 Å². The lowest BCUT2D eigenvalue weighted by Gasteiger charge is -2.28. The van der Waals surface area contributed by atoms with Crippen molar-refractivity contribution < 1.29 is 19.0 Å². The van der Waals surface area contributed by atoms with E-state index in [1.54, 1.807) is 7.11 Å². The van der Waals surface area contributed by atoms with E-state index in [1.807, 2.05) is 17.0 Å². The fourth-order valence-electron chi connectivity index (χ4n) is 4.13. The second kappa shape index (κ2) is 10.1. The molecule has 0 bridgehead atoms. The molecule has 12 heteroatoms. The maximum absolute atomic E-state index is 12.7. The Bertz CT molecular complexity index is 1100. The first-order valence-corrected chi connectivity index (χ1v) is 11.2. The Morgan fingerprint density at radius 1 is 1.18 bits per heavy atom. The molecule has 34 heavy (non-hydrogen) atoms. The van der Waals surface area contributed by atoms with Gasteiger partial charge in [0.15, 0.2) is 11.5 Å². The minimum absolute atomic E-state index is 0.283. The Balaban J connectivity index is 1.35. The van der Waals surface area contributed by atoms with Gasteiger partial charge in [-0.05, 0) is 23.8 Å². The van der Waals surface area contributed by atoms with Crippen LogP contribution in [-0.2, 0) is 4.74 Å². The molecule has 12 nitrogen and oxygen atoms in total. The van der Waals surface area contributed by atoms with Gasteiger partial charge < -0.3 is 14.2 Å². The van der Waals surface area contributed by atoms with Crippen molar-refractivity contribution in [2.24, 2.45) is 9.98 Å². The largest absolute Gasteiger partial charge is 0.491 e. The van der Waals surface area contributed by atoms with Crippen molar-refractivity contribution in [1.29, 1.82) is 0 Å². The van der Waals surface area contributed by atoms with Gasteiger partial charge in [-0.2, -0.15) is 0 Å². The highest BCUT2D eigenvalue weighted by Gasteiger charge is 2.33. The summed E-state index contributed by atoms with van der Waals surface area (Å²) in [6.07, 6.45) is 3.59. The van der Waals surface area contributed by atoms with E-state index in [4.69, 9.17) is 19.2 Å². The topological polar surface area (TPSA) is 127 Å². The zero-order valence-corrected chi connectivity index (χ0v) is 18.9. The van der Waals surface area contributed by atoms with E-state index >= 15 is 0 Å². The molecule has 0 atom stereocenters. The van der Waals surface area contributed by atoms with Crippen LogP contribution in [0, 0.1) is 0 Å². The third-order valence-electron chi connectivity index (χ3n) is 5.82. The number of hydrogen-bond acceptors (Lipinski definition) is 11. The monoisotopic (exact) mass is 466 g/mol. The molecule has 1 N–H and O–H groups in total. The third-order valence-corrected chi connectivity index (χ3v) is 5.82. The summed E-state index contributed by atoms with van der Waals surface area (Å²) in [6, 6.07) is 3.82. The molecular formula is C22H26N8O4. The van der Waals surface area contributed by atoms with Crippen molar-refractivity contribution in [3.8, 4) is 11.5 Å². The minimum atomic E-state index is -0.384. The second-order valence-corrected chi connectivity index (χ2v) is 7.93. The molecule has 1 aromatic carbocycles. The number of methoxy groups -OCH3 is 1. The highest BCUT2D eigenvalue weighted by molar-refractivity contribution is 6.20. The number of carbonyl (C=O) groups excluding carboxylic acids is 1. The minimum Gasteiger partial charge on any atom is -0.491 e. The van der Waals surface area contributed by atoms with Gasteiger partial charge in [-0.15, -0.1) is 10.2 Å². The van der Waals surface area contributed by atoms with Crippen molar-refractivity contribution >= 4 is 23.4 Å². The van der Waals surface area contributed by atoms with Crippen molar-refractivity contribution in [1.82, 2.24) is 30.5 Å². The summed E-state index contributed by atoms with van der Waals surface area (Å²) < 4.78 is 17.2. The smallest absolute Gasteiger partial charge is 0.261 e. The fourth-order valence-corrected chi connectivity index (χ4v) is 4.13.